The summed E-state index contributed by atoms with van der Waals surface area (Å²) in [5.41, 5.74) is 4.95. The first-order valence-electron chi connectivity index (χ1n) is 4.13. The maximum absolute atomic E-state index is 11.3. The van der Waals surface area contributed by atoms with Gasteiger partial charge in [-0.15, -0.1) is 0 Å². The zero-order valence-corrected chi connectivity index (χ0v) is 7.43. The number of nitrogens with two attached hydrogens (primary N) is 1. The molecule has 0 aliphatic rings. The van der Waals surface area contributed by atoms with Gasteiger partial charge in [0.05, 0.1) is 0 Å². The van der Waals surface area contributed by atoms with Gasteiger partial charge in [0, 0.05) is 12.3 Å². The van der Waals surface area contributed by atoms with Crippen LogP contribution in [0.1, 0.15) is 19.4 Å². The molecule has 2 N–H and O–H groups in total. The van der Waals surface area contributed by atoms with Gasteiger partial charge < -0.3 is 10.3 Å². The normalized spacial score (nSPS) is 12.4. The predicted octanol–water partition coefficient (Wildman–Crippen LogP) is 0.285. The van der Waals surface area contributed by atoms with E-state index in [2.05, 4.69) is 0 Å². The molecule has 0 aliphatic heterocycles. The quantitative estimate of drug-likeness (QED) is 0.726. The predicted molar refractivity (Wildman–Crippen MR) is 49.2 cm³/mol. The number of carbonyl (C=O) groups excluding carboxylic acids is 1. The Bertz CT molecular complexity index is 357. The molecule has 0 radical (unpaired) electrons. The van der Waals surface area contributed by atoms with Crippen LogP contribution in [-0.4, -0.2) is 10.5 Å². The third-order valence-corrected chi connectivity index (χ3v) is 1.90. The second kappa shape index (κ2) is 3.89. The summed E-state index contributed by atoms with van der Waals surface area (Å²) < 4.78 is 1.35. The van der Waals surface area contributed by atoms with E-state index in [9.17, 15) is 9.59 Å². The molecule has 13 heavy (non-hydrogen) atoms. The minimum absolute atomic E-state index is 0.201. The summed E-state index contributed by atoms with van der Waals surface area (Å²) in [6.07, 6.45) is 2.10. The average Bonchev–Trinajstić information content (AvgIpc) is 2.09. The molecule has 0 aliphatic carbocycles. The van der Waals surface area contributed by atoms with E-state index >= 15 is 0 Å². The molecule has 1 aromatic rings. The number of carbonyl (C=O) groups is 1. The van der Waals surface area contributed by atoms with Crippen molar-refractivity contribution in [1.29, 1.82) is 0 Å². The lowest BCUT2D eigenvalue weighted by atomic mass is 10.2. The molecule has 1 rings (SSSR count). The van der Waals surface area contributed by atoms with Crippen molar-refractivity contribution in [1.82, 2.24) is 4.57 Å². The molecule has 0 saturated carbocycles. The molecule has 70 valence electrons. The lowest BCUT2D eigenvalue weighted by molar-refractivity contribution is -0.121. The topological polar surface area (TPSA) is 65.1 Å². The van der Waals surface area contributed by atoms with Crippen molar-refractivity contribution in [2.24, 2.45) is 5.73 Å². The van der Waals surface area contributed by atoms with Crippen molar-refractivity contribution in [3.8, 4) is 0 Å². The molecule has 0 aromatic carbocycles. The first-order valence-corrected chi connectivity index (χ1v) is 4.13. The van der Waals surface area contributed by atoms with E-state index in [1.54, 1.807) is 18.3 Å². The van der Waals surface area contributed by atoms with Crippen LogP contribution in [0.15, 0.2) is 29.2 Å². The van der Waals surface area contributed by atoms with E-state index in [0.717, 1.165) is 0 Å². The van der Waals surface area contributed by atoms with Crippen LogP contribution in [0.4, 0.5) is 0 Å². The Morgan fingerprint density at radius 3 is 2.77 bits per heavy atom. The Morgan fingerprint density at radius 1 is 1.62 bits per heavy atom. The van der Waals surface area contributed by atoms with Gasteiger partial charge in [-0.3, -0.25) is 9.59 Å². The van der Waals surface area contributed by atoms with E-state index in [-0.39, 0.29) is 5.56 Å². The van der Waals surface area contributed by atoms with Crippen LogP contribution >= 0.6 is 0 Å². The van der Waals surface area contributed by atoms with Gasteiger partial charge in [0.1, 0.15) is 6.04 Å². The van der Waals surface area contributed by atoms with Crippen LogP contribution in [0.5, 0.6) is 0 Å². The number of hydrogen-bond donors (Lipinski definition) is 1. The van der Waals surface area contributed by atoms with Crippen LogP contribution in [0.25, 0.3) is 0 Å². The van der Waals surface area contributed by atoms with Gasteiger partial charge in [0.25, 0.3) is 5.56 Å². The monoisotopic (exact) mass is 180 g/mol. The highest BCUT2D eigenvalue weighted by atomic mass is 16.2. The molecule has 1 atom stereocenters. The standard InChI is InChI=1S/C9H12N2O2/c1-2-7(9(10)13)11-6-4-3-5-8(11)12/h3-7H,2H2,1H3,(H2,10,13)/t7-/m1/s1. The summed E-state index contributed by atoms with van der Waals surface area (Å²) in [6, 6.07) is 4.21. The summed E-state index contributed by atoms with van der Waals surface area (Å²) >= 11 is 0. The lowest BCUT2D eigenvalue weighted by Gasteiger charge is -2.13. The maximum atomic E-state index is 11.3. The number of amides is 1. The first kappa shape index (κ1) is 9.51. The van der Waals surface area contributed by atoms with Crippen LogP contribution < -0.4 is 11.3 Å². The van der Waals surface area contributed by atoms with Gasteiger partial charge >= 0.3 is 0 Å². The Balaban J connectivity index is 3.12. The van der Waals surface area contributed by atoms with Gasteiger partial charge in [-0.2, -0.15) is 0 Å². The first-order chi connectivity index (χ1) is 6.16. The number of rotatable bonds is 3. The molecule has 1 heterocycles. The summed E-state index contributed by atoms with van der Waals surface area (Å²) in [5.74, 6) is -0.476. The fourth-order valence-electron chi connectivity index (χ4n) is 1.23. The second-order valence-electron chi connectivity index (χ2n) is 2.77. The highest BCUT2D eigenvalue weighted by molar-refractivity contribution is 5.78. The van der Waals surface area contributed by atoms with Crippen LogP contribution in [0, 0.1) is 0 Å². The van der Waals surface area contributed by atoms with Gasteiger partial charge in [-0.1, -0.05) is 13.0 Å². The third kappa shape index (κ3) is 1.96. The van der Waals surface area contributed by atoms with E-state index in [0.29, 0.717) is 6.42 Å². The van der Waals surface area contributed by atoms with Crippen molar-refractivity contribution in [3.05, 3.63) is 34.7 Å². The largest absolute Gasteiger partial charge is 0.368 e. The third-order valence-electron chi connectivity index (χ3n) is 1.90. The van der Waals surface area contributed by atoms with Crippen LogP contribution in [0.3, 0.4) is 0 Å². The van der Waals surface area contributed by atoms with E-state index < -0.39 is 11.9 Å². The molecule has 1 aromatic heterocycles. The summed E-state index contributed by atoms with van der Waals surface area (Å²) in [6.45, 7) is 1.81. The zero-order valence-electron chi connectivity index (χ0n) is 7.43. The number of nitrogens with zero attached hydrogens (tertiary/aromatic N) is 1. The van der Waals surface area contributed by atoms with Crippen molar-refractivity contribution in [2.45, 2.75) is 19.4 Å². The fraction of sp³-hybridized carbons (Fsp3) is 0.333. The number of primary amides is 1. The Labute approximate surface area is 76.0 Å². The Hall–Kier alpha value is -1.58. The van der Waals surface area contributed by atoms with Crippen molar-refractivity contribution in [2.75, 3.05) is 0 Å². The van der Waals surface area contributed by atoms with Gasteiger partial charge in [0.2, 0.25) is 5.91 Å². The van der Waals surface area contributed by atoms with E-state index in [1.165, 1.54) is 10.6 Å². The summed E-state index contributed by atoms with van der Waals surface area (Å²) in [5, 5.41) is 0. The van der Waals surface area contributed by atoms with E-state index in [1.807, 2.05) is 6.92 Å². The molecular weight excluding hydrogens is 168 g/mol. The van der Waals surface area contributed by atoms with Crippen molar-refractivity contribution >= 4 is 5.91 Å². The van der Waals surface area contributed by atoms with Crippen molar-refractivity contribution in [3.63, 3.8) is 0 Å². The molecule has 4 heteroatoms. The fourth-order valence-corrected chi connectivity index (χ4v) is 1.23. The highest BCUT2D eigenvalue weighted by Gasteiger charge is 2.14. The van der Waals surface area contributed by atoms with Crippen molar-refractivity contribution < 1.29 is 4.79 Å². The molecule has 0 unspecified atom stereocenters. The number of pyridine rings is 1. The molecular formula is C9H12N2O2. The van der Waals surface area contributed by atoms with E-state index in [4.69, 9.17) is 5.73 Å². The molecule has 0 spiro atoms. The Morgan fingerprint density at radius 2 is 2.31 bits per heavy atom. The maximum Gasteiger partial charge on any atom is 0.251 e. The van der Waals surface area contributed by atoms with Gasteiger partial charge in [-0.25, -0.2) is 0 Å². The molecule has 4 nitrogen and oxygen atoms in total. The van der Waals surface area contributed by atoms with Gasteiger partial charge in [-0.05, 0) is 12.5 Å². The second-order valence-corrected chi connectivity index (χ2v) is 2.77. The summed E-state index contributed by atoms with van der Waals surface area (Å²) in [4.78, 5) is 22.2. The SMILES string of the molecule is CC[C@H](C(N)=O)n1ccccc1=O. The minimum Gasteiger partial charge on any atom is -0.368 e. The Kier molecular flexibility index (Phi) is 2.84. The highest BCUT2D eigenvalue weighted by Crippen LogP contribution is 2.06. The van der Waals surface area contributed by atoms with Crippen LogP contribution in [0.2, 0.25) is 0 Å². The average molecular weight is 180 g/mol. The van der Waals surface area contributed by atoms with Gasteiger partial charge in [0.15, 0.2) is 0 Å². The summed E-state index contributed by atoms with van der Waals surface area (Å²) in [7, 11) is 0. The smallest absolute Gasteiger partial charge is 0.251 e. The minimum atomic E-state index is -0.534. The number of aromatic nitrogens is 1. The molecule has 0 bridgehead atoms. The molecule has 1 amide bonds. The molecule has 0 saturated heterocycles. The van der Waals surface area contributed by atoms with Crippen LogP contribution in [-0.2, 0) is 4.79 Å². The molecule has 0 fully saturated rings. The lowest BCUT2D eigenvalue weighted by Crippen LogP contribution is -2.32. The zero-order chi connectivity index (χ0) is 9.84. The number of hydrogen-bond acceptors (Lipinski definition) is 2.